The first-order valence-electron chi connectivity index (χ1n) is 7.25. The molecule has 1 heterocycles. The zero-order valence-corrected chi connectivity index (χ0v) is 13.5. The van der Waals surface area contributed by atoms with E-state index in [0.717, 1.165) is 4.47 Å². The fraction of sp³-hybridized carbons (Fsp3) is 0. The van der Waals surface area contributed by atoms with E-state index < -0.39 is 0 Å². The molecule has 4 aromatic rings. The van der Waals surface area contributed by atoms with Crippen molar-refractivity contribution >= 4 is 26.8 Å². The average Bonchev–Trinajstić information content (AvgIpc) is 2.96. The van der Waals surface area contributed by atoms with E-state index in [1.165, 1.54) is 33.3 Å². The first-order valence-corrected chi connectivity index (χ1v) is 8.04. The quantitative estimate of drug-likeness (QED) is 0.440. The molecule has 0 saturated carbocycles. The van der Waals surface area contributed by atoms with E-state index in [1.54, 1.807) is 0 Å². The van der Waals surface area contributed by atoms with Gasteiger partial charge in [-0.1, -0.05) is 76.6 Å². The van der Waals surface area contributed by atoms with Crippen LogP contribution in [0.1, 0.15) is 0 Å². The van der Waals surface area contributed by atoms with E-state index in [0.29, 0.717) is 0 Å². The van der Waals surface area contributed by atoms with E-state index in [9.17, 15) is 0 Å². The molecule has 0 spiro atoms. The molecule has 0 unspecified atom stereocenters. The van der Waals surface area contributed by atoms with Gasteiger partial charge in [0.25, 0.3) is 0 Å². The number of aromatic nitrogens is 1. The molecule has 0 aliphatic heterocycles. The van der Waals surface area contributed by atoms with E-state index in [1.807, 2.05) is 0 Å². The van der Waals surface area contributed by atoms with Gasteiger partial charge in [-0.2, -0.15) is 0 Å². The van der Waals surface area contributed by atoms with Gasteiger partial charge in [0, 0.05) is 20.9 Å². The molecule has 2 heteroatoms. The van der Waals surface area contributed by atoms with Crippen molar-refractivity contribution in [1.82, 2.24) is 4.98 Å². The highest BCUT2D eigenvalue weighted by Crippen LogP contribution is 2.38. The third-order valence-corrected chi connectivity index (χ3v) is 4.43. The van der Waals surface area contributed by atoms with Crippen molar-refractivity contribution in [3.05, 3.63) is 83.3 Å². The molecule has 0 aliphatic rings. The summed E-state index contributed by atoms with van der Waals surface area (Å²) in [6.45, 7) is 0. The van der Waals surface area contributed by atoms with E-state index in [2.05, 4.69) is 99.8 Å². The highest BCUT2D eigenvalue weighted by Gasteiger charge is 2.14. The number of para-hydroxylation sites is 1. The van der Waals surface area contributed by atoms with Gasteiger partial charge in [-0.05, 0) is 29.3 Å². The average molecular weight is 348 g/mol. The highest BCUT2D eigenvalue weighted by molar-refractivity contribution is 9.10. The Labute approximate surface area is 137 Å². The summed E-state index contributed by atoms with van der Waals surface area (Å²) in [4.78, 5) is 3.58. The van der Waals surface area contributed by atoms with Gasteiger partial charge < -0.3 is 4.98 Å². The maximum atomic E-state index is 3.58. The van der Waals surface area contributed by atoms with Crippen LogP contribution < -0.4 is 0 Å². The number of benzene rings is 3. The number of nitrogens with one attached hydrogen (secondary N) is 1. The summed E-state index contributed by atoms with van der Waals surface area (Å²) < 4.78 is 1.09. The fourth-order valence-electron chi connectivity index (χ4n) is 2.88. The van der Waals surface area contributed by atoms with Crippen LogP contribution in [0.4, 0.5) is 0 Å². The Morgan fingerprint density at radius 3 is 2.09 bits per heavy atom. The number of halogens is 1. The summed E-state index contributed by atoms with van der Waals surface area (Å²) in [5.41, 5.74) is 6.02. The van der Waals surface area contributed by atoms with Crippen molar-refractivity contribution in [2.24, 2.45) is 0 Å². The first kappa shape index (κ1) is 13.4. The molecule has 0 bridgehead atoms. The van der Waals surface area contributed by atoms with Crippen LogP contribution >= 0.6 is 15.9 Å². The van der Waals surface area contributed by atoms with Crippen LogP contribution in [0.2, 0.25) is 0 Å². The molecule has 1 aromatic heterocycles. The second kappa shape index (κ2) is 5.47. The molecule has 0 amide bonds. The molecule has 0 radical (unpaired) electrons. The third-order valence-electron chi connectivity index (χ3n) is 3.90. The van der Waals surface area contributed by atoms with Crippen molar-refractivity contribution in [3.63, 3.8) is 0 Å². The minimum atomic E-state index is 1.09. The van der Waals surface area contributed by atoms with Gasteiger partial charge >= 0.3 is 0 Å². The highest BCUT2D eigenvalue weighted by atomic mass is 79.9. The Morgan fingerprint density at radius 1 is 0.636 bits per heavy atom. The molecule has 3 aromatic carbocycles. The Hall–Kier alpha value is -2.32. The lowest BCUT2D eigenvalue weighted by molar-refractivity contribution is 1.45. The molecule has 1 N–H and O–H groups in total. The summed E-state index contributed by atoms with van der Waals surface area (Å²) in [6.07, 6.45) is 0. The number of hydrogen-bond acceptors (Lipinski definition) is 0. The van der Waals surface area contributed by atoms with Gasteiger partial charge in [0.2, 0.25) is 0 Å². The molecular formula is C20H14BrN. The number of H-pyrrole nitrogens is 1. The van der Waals surface area contributed by atoms with Gasteiger partial charge in [0.1, 0.15) is 0 Å². The van der Waals surface area contributed by atoms with Crippen LogP contribution in [-0.2, 0) is 0 Å². The van der Waals surface area contributed by atoms with Crippen LogP contribution in [0.15, 0.2) is 83.3 Å². The third kappa shape index (κ3) is 2.26. The molecule has 4 rings (SSSR count). The van der Waals surface area contributed by atoms with E-state index in [4.69, 9.17) is 0 Å². The summed E-state index contributed by atoms with van der Waals surface area (Å²) >= 11 is 3.51. The maximum absolute atomic E-state index is 3.58. The lowest BCUT2D eigenvalue weighted by Gasteiger charge is -2.06. The zero-order chi connectivity index (χ0) is 14.9. The molecule has 22 heavy (non-hydrogen) atoms. The van der Waals surface area contributed by atoms with Crippen molar-refractivity contribution in [2.75, 3.05) is 0 Å². The molecule has 1 nitrogen and oxygen atoms in total. The number of fused-ring (bicyclic) bond motifs is 1. The Kier molecular flexibility index (Phi) is 3.32. The Bertz CT molecular complexity index is 921. The van der Waals surface area contributed by atoms with Crippen LogP contribution in [0.5, 0.6) is 0 Å². The van der Waals surface area contributed by atoms with Crippen LogP contribution in [0, 0.1) is 0 Å². The topological polar surface area (TPSA) is 15.8 Å². The summed E-state index contributed by atoms with van der Waals surface area (Å²) in [6, 6.07) is 27.5. The van der Waals surface area contributed by atoms with Gasteiger partial charge in [0.05, 0.1) is 5.69 Å². The van der Waals surface area contributed by atoms with Crippen molar-refractivity contribution in [3.8, 4) is 22.4 Å². The van der Waals surface area contributed by atoms with Gasteiger partial charge in [-0.15, -0.1) is 0 Å². The predicted octanol–water partition coefficient (Wildman–Crippen LogP) is 6.26. The second-order valence-electron chi connectivity index (χ2n) is 5.29. The summed E-state index contributed by atoms with van der Waals surface area (Å²) in [7, 11) is 0. The smallest absolute Gasteiger partial charge is 0.0544 e. The molecule has 106 valence electrons. The SMILES string of the molecule is Brc1ccc(-c2[nH]c3ccccc3c2-c2ccccc2)cc1. The normalized spacial score (nSPS) is 11.0. The molecule has 0 fully saturated rings. The van der Waals surface area contributed by atoms with Crippen LogP contribution in [0.3, 0.4) is 0 Å². The minimum absolute atomic E-state index is 1.09. The molecule has 0 saturated heterocycles. The second-order valence-corrected chi connectivity index (χ2v) is 6.21. The van der Waals surface area contributed by atoms with Gasteiger partial charge in [-0.25, -0.2) is 0 Å². The number of aromatic amines is 1. The number of hydrogen-bond donors (Lipinski definition) is 1. The maximum Gasteiger partial charge on any atom is 0.0544 e. The van der Waals surface area contributed by atoms with Crippen LogP contribution in [-0.4, -0.2) is 4.98 Å². The first-order chi connectivity index (χ1) is 10.8. The predicted molar refractivity (Wildman–Crippen MR) is 96.9 cm³/mol. The number of rotatable bonds is 2. The van der Waals surface area contributed by atoms with E-state index in [-0.39, 0.29) is 0 Å². The van der Waals surface area contributed by atoms with Gasteiger partial charge in [0.15, 0.2) is 0 Å². The van der Waals surface area contributed by atoms with Crippen molar-refractivity contribution in [2.45, 2.75) is 0 Å². The van der Waals surface area contributed by atoms with E-state index >= 15 is 0 Å². The fourth-order valence-corrected chi connectivity index (χ4v) is 3.14. The summed E-state index contributed by atoms with van der Waals surface area (Å²) in [5.74, 6) is 0. The molecule has 0 atom stereocenters. The standard InChI is InChI=1S/C20H14BrN/c21-16-12-10-15(11-13-16)20-19(14-6-2-1-3-7-14)17-8-4-5-9-18(17)22-20/h1-13,22H. The Morgan fingerprint density at radius 2 is 1.32 bits per heavy atom. The largest absolute Gasteiger partial charge is 0.354 e. The van der Waals surface area contributed by atoms with Crippen LogP contribution in [0.25, 0.3) is 33.3 Å². The Balaban J connectivity index is 2.04. The van der Waals surface area contributed by atoms with Crippen molar-refractivity contribution < 1.29 is 0 Å². The molecular weight excluding hydrogens is 334 g/mol. The monoisotopic (exact) mass is 347 g/mol. The zero-order valence-electron chi connectivity index (χ0n) is 11.9. The summed E-state index contributed by atoms with van der Waals surface area (Å²) in [5, 5.41) is 1.26. The lowest BCUT2D eigenvalue weighted by atomic mass is 9.98. The van der Waals surface area contributed by atoms with Crippen molar-refractivity contribution in [1.29, 1.82) is 0 Å². The minimum Gasteiger partial charge on any atom is -0.354 e. The van der Waals surface area contributed by atoms with Gasteiger partial charge in [-0.3, -0.25) is 0 Å². The molecule has 0 aliphatic carbocycles. The lowest BCUT2D eigenvalue weighted by Crippen LogP contribution is -1.82.